The molecule has 10 heavy (non-hydrogen) atoms. The molecule has 1 unspecified atom stereocenters. The molecule has 2 fully saturated rings. The van der Waals surface area contributed by atoms with Gasteiger partial charge in [-0.1, -0.05) is 0 Å². The molecule has 0 aromatic rings. The maximum Gasteiger partial charge on any atom is 0.0639 e. The third-order valence-electron chi connectivity index (χ3n) is 2.60. The van der Waals surface area contributed by atoms with Gasteiger partial charge in [-0.05, 0) is 25.2 Å². The summed E-state index contributed by atoms with van der Waals surface area (Å²) in [7, 11) is 0. The molecular formula is C8H15NO. The standard InChI is InChI=1S/C8H15NO/c1-7(10)4-9-5-8(6-9)2-3-8/h7,10H,2-6H2,1H3. The Bertz CT molecular complexity index is 129. The molecule has 1 saturated carbocycles. The van der Waals surface area contributed by atoms with E-state index in [2.05, 4.69) is 4.90 Å². The van der Waals surface area contributed by atoms with Gasteiger partial charge in [-0.2, -0.15) is 0 Å². The first-order chi connectivity index (χ1) is 4.70. The van der Waals surface area contributed by atoms with Gasteiger partial charge in [-0.25, -0.2) is 0 Å². The van der Waals surface area contributed by atoms with Gasteiger partial charge in [0.2, 0.25) is 0 Å². The fourth-order valence-corrected chi connectivity index (χ4v) is 1.90. The second-order valence-electron chi connectivity index (χ2n) is 4.02. The van der Waals surface area contributed by atoms with Gasteiger partial charge >= 0.3 is 0 Å². The highest BCUT2D eigenvalue weighted by atomic mass is 16.3. The Hall–Kier alpha value is -0.0800. The van der Waals surface area contributed by atoms with E-state index in [1.165, 1.54) is 25.9 Å². The van der Waals surface area contributed by atoms with Crippen LogP contribution in [0.5, 0.6) is 0 Å². The van der Waals surface area contributed by atoms with E-state index in [-0.39, 0.29) is 6.10 Å². The fraction of sp³-hybridized carbons (Fsp3) is 1.00. The molecule has 1 N–H and O–H groups in total. The summed E-state index contributed by atoms with van der Waals surface area (Å²) in [6, 6.07) is 0. The Morgan fingerprint density at radius 2 is 2.10 bits per heavy atom. The van der Waals surface area contributed by atoms with Crippen molar-refractivity contribution in [3.8, 4) is 0 Å². The zero-order valence-corrected chi connectivity index (χ0v) is 6.51. The highest BCUT2D eigenvalue weighted by molar-refractivity contribution is 5.05. The van der Waals surface area contributed by atoms with Crippen molar-refractivity contribution in [3.63, 3.8) is 0 Å². The van der Waals surface area contributed by atoms with E-state index in [1.54, 1.807) is 0 Å². The van der Waals surface area contributed by atoms with Crippen molar-refractivity contribution in [2.24, 2.45) is 5.41 Å². The molecule has 0 radical (unpaired) electrons. The second-order valence-corrected chi connectivity index (χ2v) is 4.02. The van der Waals surface area contributed by atoms with Gasteiger partial charge in [0.25, 0.3) is 0 Å². The minimum atomic E-state index is -0.143. The third-order valence-corrected chi connectivity index (χ3v) is 2.60. The Labute approximate surface area is 61.8 Å². The first-order valence-corrected chi connectivity index (χ1v) is 4.11. The number of nitrogens with zero attached hydrogens (tertiary/aromatic N) is 1. The van der Waals surface area contributed by atoms with E-state index in [0.29, 0.717) is 0 Å². The molecule has 1 atom stereocenters. The maximum atomic E-state index is 9.04. The Balaban J connectivity index is 1.70. The Kier molecular flexibility index (Phi) is 1.29. The molecule has 0 aromatic carbocycles. The van der Waals surface area contributed by atoms with Crippen LogP contribution in [0, 0.1) is 5.41 Å². The molecule has 2 nitrogen and oxygen atoms in total. The Morgan fingerprint density at radius 3 is 2.50 bits per heavy atom. The van der Waals surface area contributed by atoms with Gasteiger partial charge in [0.1, 0.15) is 0 Å². The van der Waals surface area contributed by atoms with Gasteiger partial charge in [-0.3, -0.25) is 4.90 Å². The van der Waals surface area contributed by atoms with Crippen molar-refractivity contribution in [1.29, 1.82) is 0 Å². The molecule has 1 spiro atoms. The summed E-state index contributed by atoms with van der Waals surface area (Å²) >= 11 is 0. The van der Waals surface area contributed by atoms with Gasteiger partial charge in [0.15, 0.2) is 0 Å². The number of hydrogen-bond acceptors (Lipinski definition) is 2. The van der Waals surface area contributed by atoms with Crippen LogP contribution in [0.15, 0.2) is 0 Å². The monoisotopic (exact) mass is 141 g/mol. The summed E-state index contributed by atoms with van der Waals surface area (Å²) in [5, 5.41) is 9.04. The van der Waals surface area contributed by atoms with Crippen LogP contribution in [0.25, 0.3) is 0 Å². The molecule has 2 rings (SSSR count). The molecule has 0 aromatic heterocycles. The van der Waals surface area contributed by atoms with E-state index >= 15 is 0 Å². The van der Waals surface area contributed by atoms with Crippen molar-refractivity contribution in [1.82, 2.24) is 4.90 Å². The van der Waals surface area contributed by atoms with Gasteiger partial charge in [-0.15, -0.1) is 0 Å². The van der Waals surface area contributed by atoms with Crippen molar-refractivity contribution in [2.75, 3.05) is 19.6 Å². The minimum Gasteiger partial charge on any atom is -0.392 e. The molecule has 1 heterocycles. The highest BCUT2D eigenvalue weighted by Gasteiger charge is 2.51. The minimum absolute atomic E-state index is 0.143. The number of rotatable bonds is 2. The van der Waals surface area contributed by atoms with Crippen LogP contribution in [0.4, 0.5) is 0 Å². The topological polar surface area (TPSA) is 23.5 Å². The second kappa shape index (κ2) is 1.95. The summed E-state index contributed by atoms with van der Waals surface area (Å²) in [4.78, 5) is 2.34. The van der Waals surface area contributed by atoms with Crippen LogP contribution in [0.3, 0.4) is 0 Å². The van der Waals surface area contributed by atoms with Crippen LogP contribution >= 0.6 is 0 Å². The molecule has 1 saturated heterocycles. The lowest BCUT2D eigenvalue weighted by Gasteiger charge is -2.40. The molecule has 1 aliphatic carbocycles. The molecule has 0 bridgehead atoms. The maximum absolute atomic E-state index is 9.04. The highest BCUT2D eigenvalue weighted by Crippen LogP contribution is 2.52. The average molecular weight is 141 g/mol. The van der Waals surface area contributed by atoms with E-state index in [9.17, 15) is 0 Å². The number of likely N-dealkylation sites (tertiary alicyclic amines) is 1. The van der Waals surface area contributed by atoms with Crippen molar-refractivity contribution in [3.05, 3.63) is 0 Å². The Morgan fingerprint density at radius 1 is 1.50 bits per heavy atom. The summed E-state index contributed by atoms with van der Waals surface area (Å²) in [6.07, 6.45) is 2.73. The molecular weight excluding hydrogens is 126 g/mol. The van der Waals surface area contributed by atoms with Crippen LogP contribution in [-0.4, -0.2) is 35.7 Å². The van der Waals surface area contributed by atoms with E-state index in [4.69, 9.17) is 5.11 Å². The fourth-order valence-electron chi connectivity index (χ4n) is 1.90. The summed E-state index contributed by atoms with van der Waals surface area (Å²) in [5.41, 5.74) is 0.745. The first-order valence-electron chi connectivity index (χ1n) is 4.11. The van der Waals surface area contributed by atoms with Crippen LogP contribution in [0.2, 0.25) is 0 Å². The predicted molar refractivity (Wildman–Crippen MR) is 39.8 cm³/mol. The zero-order chi connectivity index (χ0) is 7.19. The lowest BCUT2D eigenvalue weighted by molar-refractivity contribution is 0.0349. The SMILES string of the molecule is CC(O)CN1CC2(CC2)C1. The largest absolute Gasteiger partial charge is 0.392 e. The number of hydrogen-bond donors (Lipinski definition) is 1. The van der Waals surface area contributed by atoms with Crippen molar-refractivity contribution >= 4 is 0 Å². The molecule has 2 aliphatic rings. The zero-order valence-electron chi connectivity index (χ0n) is 6.51. The van der Waals surface area contributed by atoms with Gasteiger partial charge < -0.3 is 5.11 Å². The summed E-state index contributed by atoms with van der Waals surface area (Å²) < 4.78 is 0. The molecule has 0 amide bonds. The van der Waals surface area contributed by atoms with E-state index in [0.717, 1.165) is 12.0 Å². The van der Waals surface area contributed by atoms with Crippen molar-refractivity contribution < 1.29 is 5.11 Å². The number of aliphatic hydroxyl groups is 1. The van der Waals surface area contributed by atoms with E-state index < -0.39 is 0 Å². The molecule has 58 valence electrons. The van der Waals surface area contributed by atoms with Gasteiger partial charge in [0, 0.05) is 19.6 Å². The lowest BCUT2D eigenvalue weighted by atomic mass is 9.97. The molecule has 2 heteroatoms. The van der Waals surface area contributed by atoms with E-state index in [1.807, 2.05) is 6.92 Å². The van der Waals surface area contributed by atoms with Crippen molar-refractivity contribution in [2.45, 2.75) is 25.9 Å². The van der Waals surface area contributed by atoms with Gasteiger partial charge in [0.05, 0.1) is 6.10 Å². The smallest absolute Gasteiger partial charge is 0.0639 e. The molecule has 1 aliphatic heterocycles. The van der Waals surface area contributed by atoms with Crippen LogP contribution in [-0.2, 0) is 0 Å². The normalized spacial score (nSPS) is 31.8. The quantitative estimate of drug-likeness (QED) is 0.604. The summed E-state index contributed by atoms with van der Waals surface area (Å²) in [5.74, 6) is 0. The number of β-amino-alcohol motifs (C(OH)–C–C–N with tert-alkyl or cyclic N) is 1. The average Bonchev–Trinajstić information content (AvgIpc) is 2.41. The van der Waals surface area contributed by atoms with Crippen LogP contribution < -0.4 is 0 Å². The lowest BCUT2D eigenvalue weighted by Crippen LogP contribution is -2.50. The van der Waals surface area contributed by atoms with Crippen LogP contribution in [0.1, 0.15) is 19.8 Å². The summed E-state index contributed by atoms with van der Waals surface area (Å²) in [6.45, 7) is 5.23. The third kappa shape index (κ3) is 1.06. The first kappa shape index (κ1) is 6.62. The number of aliphatic hydroxyl groups excluding tert-OH is 1. The predicted octanol–water partition coefficient (Wildman–Crippen LogP) is 0.463.